The minimum atomic E-state index is -0.677. The smallest absolute Gasteiger partial charge is 0.230 e. The number of nitrogens with one attached hydrogen (secondary N) is 1. The topological polar surface area (TPSA) is 59.8 Å². The van der Waals surface area contributed by atoms with Gasteiger partial charge >= 0.3 is 0 Å². The van der Waals surface area contributed by atoms with Crippen molar-refractivity contribution in [1.29, 1.82) is 0 Å². The largest absolute Gasteiger partial charge is 0.355 e. The molecule has 0 bridgehead atoms. The maximum absolute atomic E-state index is 13.9. The zero-order valence-electron chi connectivity index (χ0n) is 12.6. The molecular weight excluding hydrogens is 283 g/mol. The van der Waals surface area contributed by atoms with E-state index in [-0.39, 0.29) is 11.7 Å². The van der Waals surface area contributed by atoms with Crippen LogP contribution in [0.4, 0.5) is 4.39 Å². The number of halogens is 1. The van der Waals surface area contributed by atoms with Crippen molar-refractivity contribution in [3.05, 3.63) is 47.8 Å². The van der Waals surface area contributed by atoms with Crippen molar-refractivity contribution in [2.75, 3.05) is 6.54 Å². The number of aromatic nitrogens is 3. The van der Waals surface area contributed by atoms with Crippen molar-refractivity contribution < 1.29 is 9.18 Å². The molecule has 0 aliphatic heterocycles. The van der Waals surface area contributed by atoms with Gasteiger partial charge in [-0.05, 0) is 25.8 Å². The van der Waals surface area contributed by atoms with Gasteiger partial charge in [-0.1, -0.05) is 18.2 Å². The number of rotatable bonds is 6. The van der Waals surface area contributed by atoms with Crippen LogP contribution in [0.25, 0.3) is 0 Å². The van der Waals surface area contributed by atoms with E-state index in [4.69, 9.17) is 0 Å². The molecule has 0 saturated heterocycles. The first-order valence-corrected chi connectivity index (χ1v) is 7.57. The summed E-state index contributed by atoms with van der Waals surface area (Å²) in [6, 6.07) is 6.53. The summed E-state index contributed by atoms with van der Waals surface area (Å²) in [5.41, 5.74) is -0.173. The number of amides is 1. The molecule has 1 aliphatic rings. The van der Waals surface area contributed by atoms with Crippen LogP contribution in [-0.4, -0.2) is 27.2 Å². The third-order valence-corrected chi connectivity index (χ3v) is 4.24. The van der Waals surface area contributed by atoms with Gasteiger partial charge in [-0.15, -0.1) is 10.2 Å². The summed E-state index contributed by atoms with van der Waals surface area (Å²) in [5.74, 6) is 0.444. The predicted molar refractivity (Wildman–Crippen MR) is 79.7 cm³/mol. The highest BCUT2D eigenvalue weighted by Gasteiger charge is 2.52. The Morgan fingerprint density at radius 3 is 2.86 bits per heavy atom. The molecular formula is C16H19FN4O. The fraction of sp³-hybridized carbons (Fsp3) is 0.438. The van der Waals surface area contributed by atoms with E-state index in [0.717, 1.165) is 12.4 Å². The number of nitrogens with zero attached hydrogens (tertiary/aromatic N) is 3. The van der Waals surface area contributed by atoms with Gasteiger partial charge < -0.3 is 9.88 Å². The van der Waals surface area contributed by atoms with E-state index < -0.39 is 5.41 Å². The van der Waals surface area contributed by atoms with Crippen LogP contribution < -0.4 is 5.32 Å². The molecule has 5 nitrogen and oxygen atoms in total. The highest BCUT2D eigenvalue weighted by atomic mass is 19.1. The highest BCUT2D eigenvalue weighted by molar-refractivity contribution is 5.91. The van der Waals surface area contributed by atoms with Gasteiger partial charge in [0.25, 0.3) is 0 Å². The standard InChI is InChI=1S/C16H19FN4O/c1-2-21-11-19-20-14(21)7-10-18-15(22)16(8-9-16)12-5-3-4-6-13(12)17/h3-6,11H,2,7-10H2,1H3,(H,18,22). The fourth-order valence-electron chi connectivity index (χ4n) is 2.79. The van der Waals surface area contributed by atoms with Crippen LogP contribution in [0, 0.1) is 5.82 Å². The van der Waals surface area contributed by atoms with E-state index in [1.807, 2.05) is 11.5 Å². The Balaban J connectivity index is 1.62. The molecule has 1 aliphatic carbocycles. The Morgan fingerprint density at radius 1 is 1.41 bits per heavy atom. The van der Waals surface area contributed by atoms with Gasteiger partial charge in [0.1, 0.15) is 18.0 Å². The average molecular weight is 302 g/mol. The summed E-state index contributed by atoms with van der Waals surface area (Å²) in [7, 11) is 0. The molecule has 1 heterocycles. The summed E-state index contributed by atoms with van der Waals surface area (Å²) in [6.45, 7) is 3.30. The zero-order chi connectivity index (χ0) is 15.6. The Kier molecular flexibility index (Phi) is 3.92. The van der Waals surface area contributed by atoms with Crippen molar-refractivity contribution >= 4 is 5.91 Å². The second-order valence-corrected chi connectivity index (χ2v) is 5.60. The van der Waals surface area contributed by atoms with Crippen LogP contribution in [0.1, 0.15) is 31.2 Å². The molecule has 0 radical (unpaired) electrons. The number of carbonyl (C=O) groups is 1. The fourth-order valence-corrected chi connectivity index (χ4v) is 2.79. The Morgan fingerprint density at radius 2 is 2.18 bits per heavy atom. The SMILES string of the molecule is CCn1cnnc1CCNC(=O)C1(c2ccccc2F)CC1. The molecule has 6 heteroatoms. The lowest BCUT2D eigenvalue weighted by atomic mass is 9.94. The summed E-state index contributed by atoms with van der Waals surface area (Å²) in [4.78, 5) is 12.4. The van der Waals surface area contributed by atoms with Gasteiger partial charge in [0.15, 0.2) is 0 Å². The van der Waals surface area contributed by atoms with E-state index in [1.54, 1.807) is 24.5 Å². The molecule has 1 aromatic carbocycles. The molecule has 0 unspecified atom stereocenters. The molecule has 1 saturated carbocycles. The van der Waals surface area contributed by atoms with Gasteiger partial charge in [0.2, 0.25) is 5.91 Å². The summed E-state index contributed by atoms with van der Waals surface area (Å²) < 4.78 is 15.9. The highest BCUT2D eigenvalue weighted by Crippen LogP contribution is 2.49. The van der Waals surface area contributed by atoms with Crippen molar-refractivity contribution in [1.82, 2.24) is 20.1 Å². The van der Waals surface area contributed by atoms with E-state index >= 15 is 0 Å². The van der Waals surface area contributed by atoms with Crippen LogP contribution in [0.15, 0.2) is 30.6 Å². The van der Waals surface area contributed by atoms with Crippen LogP contribution >= 0.6 is 0 Å². The Hall–Kier alpha value is -2.24. The molecule has 22 heavy (non-hydrogen) atoms. The lowest BCUT2D eigenvalue weighted by Gasteiger charge is -2.16. The van der Waals surface area contributed by atoms with Gasteiger partial charge in [0.05, 0.1) is 5.41 Å². The van der Waals surface area contributed by atoms with E-state index in [1.165, 1.54) is 6.07 Å². The van der Waals surface area contributed by atoms with Crippen LogP contribution in [0.3, 0.4) is 0 Å². The van der Waals surface area contributed by atoms with E-state index in [2.05, 4.69) is 15.5 Å². The van der Waals surface area contributed by atoms with Gasteiger partial charge in [0, 0.05) is 25.1 Å². The summed E-state index contributed by atoms with van der Waals surface area (Å²) >= 11 is 0. The molecule has 2 aromatic rings. The molecule has 1 amide bonds. The second-order valence-electron chi connectivity index (χ2n) is 5.60. The predicted octanol–water partition coefficient (Wildman–Crippen LogP) is 1.83. The third kappa shape index (κ3) is 2.61. The number of aryl methyl sites for hydroxylation is 1. The van der Waals surface area contributed by atoms with E-state index in [0.29, 0.717) is 31.4 Å². The minimum absolute atomic E-state index is 0.0971. The molecule has 1 fully saturated rings. The van der Waals surface area contributed by atoms with Crippen LogP contribution in [-0.2, 0) is 23.2 Å². The van der Waals surface area contributed by atoms with Crippen molar-refractivity contribution in [2.24, 2.45) is 0 Å². The summed E-state index contributed by atoms with van der Waals surface area (Å²) in [5, 5.41) is 10.8. The monoisotopic (exact) mass is 302 g/mol. The lowest BCUT2D eigenvalue weighted by Crippen LogP contribution is -2.36. The van der Waals surface area contributed by atoms with Gasteiger partial charge in [-0.2, -0.15) is 0 Å². The molecule has 3 rings (SSSR count). The average Bonchev–Trinajstić information content (AvgIpc) is 3.21. The molecule has 116 valence electrons. The molecule has 1 N–H and O–H groups in total. The van der Waals surface area contributed by atoms with Gasteiger partial charge in [-0.25, -0.2) is 4.39 Å². The first-order chi connectivity index (χ1) is 10.7. The molecule has 0 spiro atoms. The number of hydrogen-bond acceptors (Lipinski definition) is 3. The van der Waals surface area contributed by atoms with Crippen molar-refractivity contribution in [3.8, 4) is 0 Å². The van der Waals surface area contributed by atoms with Crippen LogP contribution in [0.2, 0.25) is 0 Å². The normalized spacial score (nSPS) is 15.5. The zero-order valence-corrected chi connectivity index (χ0v) is 12.6. The number of carbonyl (C=O) groups excluding carboxylic acids is 1. The van der Waals surface area contributed by atoms with Crippen molar-refractivity contribution in [2.45, 2.75) is 38.1 Å². The second kappa shape index (κ2) is 5.87. The first-order valence-electron chi connectivity index (χ1n) is 7.57. The summed E-state index contributed by atoms with van der Waals surface area (Å²) in [6.07, 6.45) is 3.70. The number of benzene rings is 1. The molecule has 0 atom stereocenters. The minimum Gasteiger partial charge on any atom is -0.355 e. The third-order valence-electron chi connectivity index (χ3n) is 4.24. The van der Waals surface area contributed by atoms with Crippen LogP contribution in [0.5, 0.6) is 0 Å². The molecule has 1 aromatic heterocycles. The first kappa shape index (κ1) is 14.7. The van der Waals surface area contributed by atoms with E-state index in [9.17, 15) is 9.18 Å². The lowest BCUT2D eigenvalue weighted by molar-refractivity contribution is -0.123. The quantitative estimate of drug-likeness (QED) is 0.885. The Bertz CT molecular complexity index is 678. The van der Waals surface area contributed by atoms with Gasteiger partial charge in [-0.3, -0.25) is 4.79 Å². The maximum Gasteiger partial charge on any atom is 0.230 e. The number of hydrogen-bond donors (Lipinski definition) is 1. The maximum atomic E-state index is 13.9. The van der Waals surface area contributed by atoms with Crippen molar-refractivity contribution in [3.63, 3.8) is 0 Å². The Labute approximate surface area is 128 Å².